The summed E-state index contributed by atoms with van der Waals surface area (Å²) >= 11 is 0. The number of ether oxygens (including phenoxy) is 2. The summed E-state index contributed by atoms with van der Waals surface area (Å²) in [6.45, 7) is 8.65. The van der Waals surface area contributed by atoms with Crippen LogP contribution in [0.4, 0.5) is 0 Å². The Morgan fingerprint density at radius 1 is 1.00 bits per heavy atom. The average Bonchev–Trinajstić information content (AvgIpc) is 2.58. The van der Waals surface area contributed by atoms with Gasteiger partial charge < -0.3 is 20.1 Å². The Kier molecular flexibility index (Phi) is 8.25. The number of carbonyl (C=O) groups excluding carboxylic acids is 2. The molecule has 0 aliphatic heterocycles. The van der Waals surface area contributed by atoms with Gasteiger partial charge in [-0.3, -0.25) is 9.59 Å². The van der Waals surface area contributed by atoms with Gasteiger partial charge in [0.15, 0.2) is 0 Å². The molecule has 0 aliphatic rings. The third-order valence-corrected chi connectivity index (χ3v) is 3.86. The largest absolute Gasteiger partial charge is 0.497 e. The van der Waals surface area contributed by atoms with E-state index in [2.05, 4.69) is 24.5 Å². The summed E-state index contributed by atoms with van der Waals surface area (Å²) in [4.78, 5) is 24.4. The molecule has 0 bridgehead atoms. The second kappa shape index (κ2) is 9.91. The maximum atomic E-state index is 12.3. The van der Waals surface area contributed by atoms with Crippen molar-refractivity contribution < 1.29 is 19.1 Å². The molecule has 1 rings (SSSR count). The minimum absolute atomic E-state index is 0.262. The van der Waals surface area contributed by atoms with Crippen LogP contribution in [0.1, 0.15) is 34.1 Å². The smallest absolute Gasteiger partial charge is 0.235 e. The minimum Gasteiger partial charge on any atom is -0.497 e. The van der Waals surface area contributed by atoms with Gasteiger partial charge in [-0.2, -0.15) is 0 Å². The van der Waals surface area contributed by atoms with E-state index in [1.807, 2.05) is 0 Å². The summed E-state index contributed by atoms with van der Waals surface area (Å²) in [6, 6.07) is 7.20. The summed E-state index contributed by atoms with van der Waals surface area (Å²) in [5.74, 6) is 1.38. The lowest BCUT2D eigenvalue weighted by molar-refractivity contribution is -0.141. The summed E-state index contributed by atoms with van der Waals surface area (Å²) < 4.78 is 10.6. The normalized spacial score (nSPS) is 11.1. The molecule has 0 atom stereocenters. The van der Waals surface area contributed by atoms with Gasteiger partial charge in [-0.25, -0.2) is 0 Å². The van der Waals surface area contributed by atoms with Crippen LogP contribution >= 0.6 is 0 Å². The number of rotatable bonds is 10. The Hall–Kier alpha value is -2.24. The van der Waals surface area contributed by atoms with Gasteiger partial charge in [-0.1, -0.05) is 13.8 Å². The van der Waals surface area contributed by atoms with Gasteiger partial charge in [0.2, 0.25) is 11.8 Å². The van der Waals surface area contributed by atoms with Gasteiger partial charge in [0.05, 0.1) is 13.7 Å². The van der Waals surface area contributed by atoms with Crippen LogP contribution in [0.3, 0.4) is 0 Å². The lowest BCUT2D eigenvalue weighted by atomic mass is 9.91. The number of amides is 2. The number of nitrogens with one attached hydrogen (secondary N) is 2. The van der Waals surface area contributed by atoms with Crippen molar-refractivity contribution in [2.45, 2.75) is 34.1 Å². The summed E-state index contributed by atoms with van der Waals surface area (Å²) in [5, 5.41) is 5.57. The van der Waals surface area contributed by atoms with Crippen LogP contribution in [0.2, 0.25) is 0 Å². The van der Waals surface area contributed by atoms with Crippen molar-refractivity contribution in [3.05, 3.63) is 24.3 Å². The molecule has 1 aromatic carbocycles. The molecule has 0 saturated carbocycles. The molecule has 25 heavy (non-hydrogen) atoms. The third kappa shape index (κ3) is 7.03. The number of carbonyl (C=O) groups is 2. The van der Waals surface area contributed by atoms with Crippen molar-refractivity contribution in [3.63, 3.8) is 0 Å². The van der Waals surface area contributed by atoms with Crippen molar-refractivity contribution in [2.75, 3.05) is 26.8 Å². The second-order valence-corrected chi connectivity index (χ2v) is 6.84. The first kappa shape index (κ1) is 20.8. The molecular weight excluding hydrogens is 320 g/mol. The SMILES string of the molecule is COc1ccc(OCCNC(=O)C(C)(C)C(=O)NCCC(C)C)cc1. The average molecular weight is 350 g/mol. The molecule has 0 spiro atoms. The van der Waals surface area contributed by atoms with E-state index in [1.165, 1.54) is 0 Å². The lowest BCUT2D eigenvalue weighted by Crippen LogP contribution is -2.48. The first-order chi connectivity index (χ1) is 11.8. The molecule has 0 heterocycles. The van der Waals surface area contributed by atoms with E-state index < -0.39 is 5.41 Å². The maximum absolute atomic E-state index is 12.3. The zero-order chi connectivity index (χ0) is 18.9. The quantitative estimate of drug-likeness (QED) is 0.502. The zero-order valence-electron chi connectivity index (χ0n) is 15.8. The van der Waals surface area contributed by atoms with Gasteiger partial charge in [0.25, 0.3) is 0 Å². The molecule has 140 valence electrons. The third-order valence-electron chi connectivity index (χ3n) is 3.86. The monoisotopic (exact) mass is 350 g/mol. The van der Waals surface area contributed by atoms with Crippen LogP contribution in [0, 0.1) is 11.3 Å². The molecule has 0 radical (unpaired) electrons. The van der Waals surface area contributed by atoms with Crippen molar-refractivity contribution in [1.29, 1.82) is 0 Å². The molecule has 1 aromatic rings. The van der Waals surface area contributed by atoms with Crippen molar-refractivity contribution >= 4 is 11.8 Å². The fourth-order valence-electron chi connectivity index (χ4n) is 2.02. The molecular formula is C19H30N2O4. The van der Waals surface area contributed by atoms with E-state index >= 15 is 0 Å². The van der Waals surface area contributed by atoms with Crippen LogP contribution in [-0.4, -0.2) is 38.6 Å². The van der Waals surface area contributed by atoms with Gasteiger partial charge in [0.1, 0.15) is 23.5 Å². The highest BCUT2D eigenvalue weighted by Gasteiger charge is 2.35. The molecule has 6 heteroatoms. The van der Waals surface area contributed by atoms with Gasteiger partial charge in [-0.15, -0.1) is 0 Å². The highest BCUT2D eigenvalue weighted by atomic mass is 16.5. The summed E-state index contributed by atoms with van der Waals surface area (Å²) in [5.41, 5.74) is -1.11. The molecule has 0 aromatic heterocycles. The van der Waals surface area contributed by atoms with Crippen LogP contribution in [-0.2, 0) is 9.59 Å². The molecule has 0 aliphatic carbocycles. The number of hydrogen-bond donors (Lipinski definition) is 2. The van der Waals surface area contributed by atoms with E-state index in [9.17, 15) is 9.59 Å². The van der Waals surface area contributed by atoms with Crippen LogP contribution in [0.5, 0.6) is 11.5 Å². The standard InChI is InChI=1S/C19H30N2O4/c1-14(2)10-11-20-17(22)19(3,4)18(23)21-12-13-25-16-8-6-15(24-5)7-9-16/h6-9,14H,10-13H2,1-5H3,(H,20,22)(H,21,23). The van der Waals surface area contributed by atoms with Gasteiger partial charge in [0, 0.05) is 6.54 Å². The van der Waals surface area contributed by atoms with Gasteiger partial charge in [-0.05, 0) is 50.5 Å². The Bertz CT molecular complexity index is 553. The highest BCUT2D eigenvalue weighted by molar-refractivity contribution is 6.04. The Labute approximate surface area is 150 Å². The summed E-state index contributed by atoms with van der Waals surface area (Å²) in [6.07, 6.45) is 0.888. The second-order valence-electron chi connectivity index (χ2n) is 6.84. The number of hydrogen-bond acceptors (Lipinski definition) is 4. The fraction of sp³-hybridized carbons (Fsp3) is 0.579. The highest BCUT2D eigenvalue weighted by Crippen LogP contribution is 2.17. The lowest BCUT2D eigenvalue weighted by Gasteiger charge is -2.23. The molecule has 0 fully saturated rings. The van der Waals surface area contributed by atoms with E-state index in [0.29, 0.717) is 31.4 Å². The van der Waals surface area contributed by atoms with Crippen LogP contribution in [0.25, 0.3) is 0 Å². The maximum Gasteiger partial charge on any atom is 0.235 e. The molecule has 2 amide bonds. The van der Waals surface area contributed by atoms with Crippen LogP contribution in [0.15, 0.2) is 24.3 Å². The van der Waals surface area contributed by atoms with Crippen molar-refractivity contribution in [3.8, 4) is 11.5 Å². The van der Waals surface area contributed by atoms with E-state index in [1.54, 1.807) is 45.2 Å². The first-order valence-corrected chi connectivity index (χ1v) is 8.60. The topological polar surface area (TPSA) is 76.7 Å². The molecule has 0 saturated heterocycles. The zero-order valence-corrected chi connectivity index (χ0v) is 15.8. The van der Waals surface area contributed by atoms with Gasteiger partial charge >= 0.3 is 0 Å². The molecule has 6 nitrogen and oxygen atoms in total. The Balaban J connectivity index is 2.34. The first-order valence-electron chi connectivity index (χ1n) is 8.60. The Morgan fingerprint density at radius 3 is 2.04 bits per heavy atom. The van der Waals surface area contributed by atoms with E-state index in [-0.39, 0.29) is 11.8 Å². The molecule has 0 unspecified atom stereocenters. The minimum atomic E-state index is -1.11. The predicted octanol–water partition coefficient (Wildman–Crippen LogP) is 2.38. The van der Waals surface area contributed by atoms with E-state index in [4.69, 9.17) is 9.47 Å². The van der Waals surface area contributed by atoms with E-state index in [0.717, 1.165) is 12.2 Å². The number of benzene rings is 1. The van der Waals surface area contributed by atoms with Crippen molar-refractivity contribution in [2.24, 2.45) is 11.3 Å². The summed E-state index contributed by atoms with van der Waals surface area (Å²) in [7, 11) is 1.60. The Morgan fingerprint density at radius 2 is 1.52 bits per heavy atom. The van der Waals surface area contributed by atoms with Crippen molar-refractivity contribution in [1.82, 2.24) is 10.6 Å². The predicted molar refractivity (Wildman–Crippen MR) is 97.7 cm³/mol. The van der Waals surface area contributed by atoms with Crippen LogP contribution < -0.4 is 20.1 Å². The molecule has 2 N–H and O–H groups in total. The number of methoxy groups -OCH3 is 1. The fourth-order valence-corrected chi connectivity index (χ4v) is 2.02.